The lowest BCUT2D eigenvalue weighted by atomic mass is 10.1. The molecular weight excluding hydrogens is 256 g/mol. The Bertz CT molecular complexity index is 504. The smallest absolute Gasteiger partial charge is 0.121 e. The van der Waals surface area contributed by atoms with E-state index in [-0.39, 0.29) is 6.04 Å². The summed E-state index contributed by atoms with van der Waals surface area (Å²) < 4.78 is 0. The van der Waals surface area contributed by atoms with Gasteiger partial charge in [0.15, 0.2) is 0 Å². The van der Waals surface area contributed by atoms with Gasteiger partial charge >= 0.3 is 0 Å². The van der Waals surface area contributed by atoms with Crippen LogP contribution in [0.2, 0.25) is 0 Å². The summed E-state index contributed by atoms with van der Waals surface area (Å²) >= 11 is 1.55. The van der Waals surface area contributed by atoms with E-state index < -0.39 is 0 Å². The van der Waals surface area contributed by atoms with Crippen molar-refractivity contribution in [3.63, 3.8) is 0 Å². The average molecular weight is 274 g/mol. The molecule has 0 spiro atoms. The number of hydrogen-bond donors (Lipinski definition) is 1. The molecule has 100 valence electrons. The van der Waals surface area contributed by atoms with E-state index in [1.165, 1.54) is 5.56 Å². The normalized spacial score (nSPS) is 12.3. The van der Waals surface area contributed by atoms with Crippen LogP contribution in [0.15, 0.2) is 47.0 Å². The average Bonchev–Trinajstić information content (AvgIpc) is 2.46. The van der Waals surface area contributed by atoms with Gasteiger partial charge in [0.1, 0.15) is 10.1 Å². The van der Waals surface area contributed by atoms with Gasteiger partial charge in [0.05, 0.1) is 6.20 Å². The predicted molar refractivity (Wildman–Crippen MR) is 77.1 cm³/mol. The Morgan fingerprint density at radius 1 is 1.26 bits per heavy atom. The van der Waals surface area contributed by atoms with E-state index in [0.717, 1.165) is 23.0 Å². The predicted octanol–water partition coefficient (Wildman–Crippen LogP) is 3.08. The van der Waals surface area contributed by atoms with Crippen LogP contribution < -0.4 is 5.32 Å². The third-order valence-corrected chi connectivity index (χ3v) is 3.66. The van der Waals surface area contributed by atoms with Gasteiger partial charge in [-0.05, 0) is 37.7 Å². The topological polar surface area (TPSA) is 50.7 Å². The van der Waals surface area contributed by atoms with E-state index in [9.17, 15) is 0 Å². The molecule has 0 aromatic carbocycles. The minimum atomic E-state index is 0.285. The first kappa shape index (κ1) is 14.0. The highest BCUT2D eigenvalue weighted by molar-refractivity contribution is 7.99. The Labute approximate surface area is 118 Å². The molecule has 0 fully saturated rings. The van der Waals surface area contributed by atoms with Gasteiger partial charge in [0.25, 0.3) is 0 Å². The van der Waals surface area contributed by atoms with Crippen LogP contribution in [0.25, 0.3) is 0 Å². The molecule has 2 aromatic rings. The minimum Gasteiger partial charge on any atom is -0.310 e. The first-order chi connectivity index (χ1) is 9.31. The van der Waals surface area contributed by atoms with E-state index in [4.69, 9.17) is 0 Å². The van der Waals surface area contributed by atoms with Crippen LogP contribution >= 0.6 is 11.8 Å². The Kier molecular flexibility index (Phi) is 5.30. The molecule has 0 aliphatic carbocycles. The van der Waals surface area contributed by atoms with Gasteiger partial charge in [0, 0.05) is 30.2 Å². The summed E-state index contributed by atoms with van der Waals surface area (Å²) in [5, 5.41) is 5.34. The van der Waals surface area contributed by atoms with E-state index >= 15 is 0 Å². The van der Waals surface area contributed by atoms with Crippen molar-refractivity contribution in [1.82, 2.24) is 20.3 Å². The monoisotopic (exact) mass is 274 g/mol. The highest BCUT2D eigenvalue weighted by Gasteiger charge is 2.12. The molecular formula is C14H18N4S. The highest BCUT2D eigenvalue weighted by atomic mass is 32.2. The largest absolute Gasteiger partial charge is 0.310 e. The van der Waals surface area contributed by atoms with E-state index in [0.29, 0.717) is 0 Å². The first-order valence-electron chi connectivity index (χ1n) is 6.43. The van der Waals surface area contributed by atoms with Crippen LogP contribution in [0.3, 0.4) is 0 Å². The van der Waals surface area contributed by atoms with E-state index in [2.05, 4.69) is 40.2 Å². The second kappa shape index (κ2) is 7.21. The van der Waals surface area contributed by atoms with Crippen molar-refractivity contribution in [1.29, 1.82) is 0 Å². The zero-order valence-electron chi connectivity index (χ0n) is 11.2. The van der Waals surface area contributed by atoms with Gasteiger partial charge in [-0.15, -0.1) is 0 Å². The fourth-order valence-electron chi connectivity index (χ4n) is 1.73. The molecule has 1 atom stereocenters. The van der Waals surface area contributed by atoms with Gasteiger partial charge < -0.3 is 5.32 Å². The molecule has 0 saturated carbocycles. The van der Waals surface area contributed by atoms with E-state index in [1.54, 1.807) is 30.4 Å². The Balaban J connectivity index is 2.16. The van der Waals surface area contributed by atoms with E-state index in [1.807, 2.05) is 12.3 Å². The van der Waals surface area contributed by atoms with Crippen LogP contribution in [0.4, 0.5) is 0 Å². The SMILES string of the molecule is CCCNC(C)c1cccnc1Sc1cnccn1. The molecule has 0 aliphatic heterocycles. The van der Waals surface area contributed by atoms with Crippen LogP contribution in [0.1, 0.15) is 31.9 Å². The van der Waals surface area contributed by atoms with Crippen molar-refractivity contribution in [3.05, 3.63) is 42.5 Å². The van der Waals surface area contributed by atoms with Gasteiger partial charge in [-0.3, -0.25) is 4.98 Å². The second-order valence-corrected chi connectivity index (χ2v) is 5.23. The zero-order chi connectivity index (χ0) is 13.5. The number of pyridine rings is 1. The second-order valence-electron chi connectivity index (χ2n) is 4.22. The van der Waals surface area contributed by atoms with Gasteiger partial charge in [-0.25, -0.2) is 9.97 Å². The lowest BCUT2D eigenvalue weighted by molar-refractivity contribution is 0.560. The zero-order valence-corrected chi connectivity index (χ0v) is 12.0. The van der Waals surface area contributed by atoms with Gasteiger partial charge in [-0.2, -0.15) is 0 Å². The molecule has 1 N–H and O–H groups in total. The first-order valence-corrected chi connectivity index (χ1v) is 7.25. The summed E-state index contributed by atoms with van der Waals surface area (Å²) in [7, 11) is 0. The van der Waals surface area contributed by atoms with Crippen LogP contribution in [-0.2, 0) is 0 Å². The third-order valence-electron chi connectivity index (χ3n) is 2.71. The van der Waals surface area contributed by atoms with Crippen LogP contribution in [0.5, 0.6) is 0 Å². The Morgan fingerprint density at radius 2 is 2.16 bits per heavy atom. The number of aromatic nitrogens is 3. The fourth-order valence-corrected chi connectivity index (χ4v) is 2.63. The maximum atomic E-state index is 4.46. The van der Waals surface area contributed by atoms with Gasteiger partial charge in [0.2, 0.25) is 0 Å². The molecule has 0 aliphatic rings. The number of nitrogens with one attached hydrogen (secondary N) is 1. The number of hydrogen-bond acceptors (Lipinski definition) is 5. The summed E-state index contributed by atoms with van der Waals surface area (Å²) in [4.78, 5) is 12.8. The molecule has 2 heterocycles. The third kappa shape index (κ3) is 4.01. The van der Waals surface area contributed by atoms with Crippen LogP contribution in [-0.4, -0.2) is 21.5 Å². The highest BCUT2D eigenvalue weighted by Crippen LogP contribution is 2.29. The summed E-state index contributed by atoms with van der Waals surface area (Å²) in [6.07, 6.45) is 8.07. The van der Waals surface area contributed by atoms with Crippen molar-refractivity contribution in [2.45, 2.75) is 36.4 Å². The molecule has 5 heteroatoms. The van der Waals surface area contributed by atoms with Crippen LogP contribution in [0, 0.1) is 0 Å². The Hall–Kier alpha value is -1.46. The minimum absolute atomic E-state index is 0.285. The maximum absolute atomic E-state index is 4.46. The molecule has 2 rings (SSSR count). The molecule has 0 bridgehead atoms. The van der Waals surface area contributed by atoms with Crippen molar-refractivity contribution in [2.24, 2.45) is 0 Å². The van der Waals surface area contributed by atoms with Crippen molar-refractivity contribution < 1.29 is 0 Å². The summed E-state index contributed by atoms with van der Waals surface area (Å²) in [6.45, 7) is 5.33. The summed E-state index contributed by atoms with van der Waals surface area (Å²) in [6, 6.07) is 4.37. The maximum Gasteiger partial charge on any atom is 0.121 e. The van der Waals surface area contributed by atoms with Crippen molar-refractivity contribution in [2.75, 3.05) is 6.54 Å². The summed E-state index contributed by atoms with van der Waals surface area (Å²) in [5.41, 5.74) is 1.20. The quantitative estimate of drug-likeness (QED) is 0.877. The van der Waals surface area contributed by atoms with Gasteiger partial charge in [-0.1, -0.05) is 13.0 Å². The Morgan fingerprint density at radius 3 is 2.89 bits per heavy atom. The van der Waals surface area contributed by atoms with Crippen molar-refractivity contribution in [3.8, 4) is 0 Å². The summed E-state index contributed by atoms with van der Waals surface area (Å²) in [5.74, 6) is 0. The lowest BCUT2D eigenvalue weighted by Gasteiger charge is -2.16. The molecule has 19 heavy (non-hydrogen) atoms. The molecule has 0 amide bonds. The fraction of sp³-hybridized carbons (Fsp3) is 0.357. The number of rotatable bonds is 6. The molecule has 0 radical (unpaired) electrons. The standard InChI is InChI=1S/C14H18N4S/c1-3-6-16-11(2)12-5-4-7-18-14(12)19-13-10-15-8-9-17-13/h4-5,7-11,16H,3,6H2,1-2H3. The number of nitrogens with zero attached hydrogens (tertiary/aromatic N) is 3. The molecule has 2 aromatic heterocycles. The van der Waals surface area contributed by atoms with Crippen molar-refractivity contribution >= 4 is 11.8 Å². The molecule has 0 saturated heterocycles. The molecule has 4 nitrogen and oxygen atoms in total. The lowest BCUT2D eigenvalue weighted by Crippen LogP contribution is -2.20. The molecule has 1 unspecified atom stereocenters.